The molecule has 1 aromatic carbocycles. The number of benzene rings is 1. The number of methoxy groups -OCH3 is 1. The molecule has 1 atom stereocenters. The highest BCUT2D eigenvalue weighted by Gasteiger charge is 2.27. The Balaban J connectivity index is 2.30. The van der Waals surface area contributed by atoms with Gasteiger partial charge < -0.3 is 14.6 Å². The van der Waals surface area contributed by atoms with Crippen LogP contribution in [0.4, 0.5) is 8.78 Å². The molecule has 2 aromatic rings. The first-order valence-electron chi connectivity index (χ1n) is 5.77. The number of aromatic nitrogens is 1. The molecule has 0 radical (unpaired) electrons. The van der Waals surface area contributed by atoms with E-state index < -0.39 is 29.6 Å². The maximum absolute atomic E-state index is 13.8. The third kappa shape index (κ3) is 3.22. The molecule has 0 bridgehead atoms. The highest BCUT2D eigenvalue weighted by Crippen LogP contribution is 2.20. The van der Waals surface area contributed by atoms with Gasteiger partial charge in [0, 0.05) is 17.7 Å². The van der Waals surface area contributed by atoms with E-state index in [9.17, 15) is 18.4 Å². The van der Waals surface area contributed by atoms with E-state index in [1.807, 2.05) is 0 Å². The first-order chi connectivity index (χ1) is 10.0. The largest absolute Gasteiger partial charge is 0.467 e. The second-order valence-corrected chi connectivity index (χ2v) is 3.98. The fourth-order valence-electron chi connectivity index (χ4n) is 1.65. The number of halogens is 2. The number of carbonyl (C=O) groups is 2. The average molecular weight is 296 g/mol. The van der Waals surface area contributed by atoms with Gasteiger partial charge in [-0.3, -0.25) is 4.79 Å². The van der Waals surface area contributed by atoms with E-state index in [2.05, 4.69) is 19.7 Å². The number of hydrogen-bond donors (Lipinski definition) is 1. The van der Waals surface area contributed by atoms with Crippen LogP contribution in [0.2, 0.25) is 0 Å². The lowest BCUT2D eigenvalue weighted by atomic mass is 10.1. The van der Waals surface area contributed by atoms with Crippen LogP contribution in [0.1, 0.15) is 22.1 Å². The van der Waals surface area contributed by atoms with Gasteiger partial charge in [-0.05, 0) is 6.07 Å². The molecule has 0 aliphatic heterocycles. The molecule has 0 fully saturated rings. The normalized spacial score (nSPS) is 11.8. The van der Waals surface area contributed by atoms with Gasteiger partial charge in [0.15, 0.2) is 11.7 Å². The van der Waals surface area contributed by atoms with Crippen LogP contribution in [0, 0.1) is 11.6 Å². The predicted molar refractivity (Wildman–Crippen MR) is 65.1 cm³/mol. The van der Waals surface area contributed by atoms with Crippen LogP contribution in [0.15, 0.2) is 35.1 Å². The van der Waals surface area contributed by atoms with Crippen molar-refractivity contribution in [3.63, 3.8) is 0 Å². The zero-order valence-corrected chi connectivity index (χ0v) is 10.8. The van der Waals surface area contributed by atoms with E-state index >= 15 is 0 Å². The average Bonchev–Trinajstić information content (AvgIpc) is 2.98. The molecule has 0 saturated carbocycles. The summed E-state index contributed by atoms with van der Waals surface area (Å²) in [6.45, 7) is 0. The monoisotopic (exact) mass is 296 g/mol. The number of hydrogen-bond acceptors (Lipinski definition) is 5. The zero-order chi connectivity index (χ0) is 15.4. The van der Waals surface area contributed by atoms with Crippen LogP contribution in [-0.2, 0) is 9.53 Å². The lowest BCUT2D eigenvalue weighted by Gasteiger charge is -2.16. The Morgan fingerprint density at radius 3 is 2.67 bits per heavy atom. The summed E-state index contributed by atoms with van der Waals surface area (Å²) >= 11 is 0. The third-order valence-corrected chi connectivity index (χ3v) is 2.66. The quantitative estimate of drug-likeness (QED) is 0.867. The summed E-state index contributed by atoms with van der Waals surface area (Å²) in [6, 6.07) is 2.46. The number of amides is 1. The van der Waals surface area contributed by atoms with Crippen LogP contribution in [0.25, 0.3) is 0 Å². The molecule has 0 aliphatic rings. The van der Waals surface area contributed by atoms with Gasteiger partial charge in [-0.2, -0.15) is 0 Å². The van der Waals surface area contributed by atoms with Gasteiger partial charge in [-0.25, -0.2) is 13.6 Å². The first-order valence-corrected chi connectivity index (χ1v) is 5.77. The smallest absolute Gasteiger partial charge is 0.333 e. The van der Waals surface area contributed by atoms with Gasteiger partial charge in [-0.1, -0.05) is 11.2 Å². The van der Waals surface area contributed by atoms with Crippen molar-refractivity contribution in [2.45, 2.75) is 6.04 Å². The summed E-state index contributed by atoms with van der Waals surface area (Å²) in [6.07, 6.45) is 1.17. The molecule has 6 nitrogen and oxygen atoms in total. The Kier molecular flexibility index (Phi) is 4.27. The third-order valence-electron chi connectivity index (χ3n) is 2.66. The topological polar surface area (TPSA) is 81.4 Å². The molecule has 0 aliphatic carbocycles. The zero-order valence-electron chi connectivity index (χ0n) is 10.8. The Bertz CT molecular complexity index is 658. The van der Waals surface area contributed by atoms with Crippen molar-refractivity contribution in [2.24, 2.45) is 0 Å². The SMILES string of the molecule is COC(=O)[C@@H](NC(=O)c1ccon1)c1ccc(F)cc1F. The van der Waals surface area contributed by atoms with Crippen molar-refractivity contribution in [3.8, 4) is 0 Å². The molecule has 0 spiro atoms. The van der Waals surface area contributed by atoms with E-state index in [0.717, 1.165) is 19.2 Å². The molecule has 0 saturated heterocycles. The fraction of sp³-hybridized carbons (Fsp3) is 0.154. The summed E-state index contributed by atoms with van der Waals surface area (Å²) in [7, 11) is 1.08. The van der Waals surface area contributed by atoms with Crippen molar-refractivity contribution in [3.05, 3.63) is 53.4 Å². The van der Waals surface area contributed by atoms with E-state index in [1.54, 1.807) is 0 Å². The molecule has 1 amide bonds. The number of nitrogens with zero attached hydrogens (tertiary/aromatic N) is 1. The maximum Gasteiger partial charge on any atom is 0.333 e. The van der Waals surface area contributed by atoms with Crippen molar-refractivity contribution >= 4 is 11.9 Å². The number of esters is 1. The second-order valence-electron chi connectivity index (χ2n) is 3.98. The number of nitrogens with one attached hydrogen (secondary N) is 1. The lowest BCUT2D eigenvalue weighted by molar-refractivity contribution is -0.143. The predicted octanol–water partition coefficient (Wildman–Crippen LogP) is 1.60. The molecule has 0 unspecified atom stereocenters. The Labute approximate surface area is 117 Å². The summed E-state index contributed by atoms with van der Waals surface area (Å²) in [5.41, 5.74) is -0.313. The summed E-state index contributed by atoms with van der Waals surface area (Å²) in [4.78, 5) is 23.6. The lowest BCUT2D eigenvalue weighted by Crippen LogP contribution is -2.35. The van der Waals surface area contributed by atoms with Gasteiger partial charge in [0.05, 0.1) is 7.11 Å². The van der Waals surface area contributed by atoms with Gasteiger partial charge in [0.2, 0.25) is 0 Å². The van der Waals surface area contributed by atoms with E-state index in [4.69, 9.17) is 0 Å². The Hall–Kier alpha value is -2.77. The van der Waals surface area contributed by atoms with Gasteiger partial charge in [-0.15, -0.1) is 0 Å². The second kappa shape index (κ2) is 6.12. The molecule has 110 valence electrons. The minimum Gasteiger partial charge on any atom is -0.467 e. The number of ether oxygens (including phenoxy) is 1. The highest BCUT2D eigenvalue weighted by molar-refractivity contribution is 5.95. The maximum atomic E-state index is 13.8. The van der Waals surface area contributed by atoms with Gasteiger partial charge in [0.25, 0.3) is 5.91 Å². The van der Waals surface area contributed by atoms with Crippen LogP contribution in [0.5, 0.6) is 0 Å². The van der Waals surface area contributed by atoms with Crippen molar-refractivity contribution in [1.29, 1.82) is 0 Å². The molecule has 1 N–H and O–H groups in total. The standard InChI is InChI=1S/C13H10F2N2O4/c1-20-13(19)11(8-3-2-7(14)6-9(8)15)16-12(18)10-4-5-21-17-10/h2-6,11H,1H3,(H,16,18)/t11-/m0/s1. The fourth-order valence-corrected chi connectivity index (χ4v) is 1.65. The van der Waals surface area contributed by atoms with Gasteiger partial charge in [0.1, 0.15) is 17.9 Å². The molecule has 1 aromatic heterocycles. The number of carbonyl (C=O) groups excluding carboxylic acids is 2. The molecule has 8 heteroatoms. The first kappa shape index (κ1) is 14.6. The van der Waals surface area contributed by atoms with E-state index in [0.29, 0.717) is 6.07 Å². The van der Waals surface area contributed by atoms with Crippen LogP contribution in [0.3, 0.4) is 0 Å². The molecular weight excluding hydrogens is 286 g/mol. The molecule has 2 rings (SSSR count). The Morgan fingerprint density at radius 2 is 2.10 bits per heavy atom. The van der Waals surface area contributed by atoms with E-state index in [-0.39, 0.29) is 11.3 Å². The van der Waals surface area contributed by atoms with Crippen LogP contribution < -0.4 is 5.32 Å². The minimum atomic E-state index is -1.43. The summed E-state index contributed by atoms with van der Waals surface area (Å²) < 4.78 is 35.7. The van der Waals surface area contributed by atoms with Crippen molar-refractivity contribution < 1.29 is 27.6 Å². The molecular formula is C13H10F2N2O4. The van der Waals surface area contributed by atoms with Crippen LogP contribution >= 0.6 is 0 Å². The summed E-state index contributed by atoms with van der Waals surface area (Å²) in [5, 5.41) is 5.64. The highest BCUT2D eigenvalue weighted by atomic mass is 19.1. The molecule has 21 heavy (non-hydrogen) atoms. The van der Waals surface area contributed by atoms with Crippen molar-refractivity contribution in [2.75, 3.05) is 7.11 Å². The van der Waals surface area contributed by atoms with E-state index in [1.165, 1.54) is 12.3 Å². The van der Waals surface area contributed by atoms with Crippen molar-refractivity contribution in [1.82, 2.24) is 10.5 Å². The Morgan fingerprint density at radius 1 is 1.33 bits per heavy atom. The summed E-state index contributed by atoms with van der Waals surface area (Å²) in [5.74, 6) is -3.45. The van der Waals surface area contributed by atoms with Crippen LogP contribution in [-0.4, -0.2) is 24.1 Å². The number of rotatable bonds is 4. The van der Waals surface area contributed by atoms with Gasteiger partial charge >= 0.3 is 5.97 Å². The molecule has 1 heterocycles. The minimum absolute atomic E-state index is 0.0913.